The van der Waals surface area contributed by atoms with E-state index in [2.05, 4.69) is 48.2 Å². The molecule has 0 fully saturated rings. The maximum Gasteiger partial charge on any atom is 0.222 e. The van der Waals surface area contributed by atoms with E-state index in [-0.39, 0.29) is 5.82 Å². The quantitative estimate of drug-likeness (QED) is 0.427. The van der Waals surface area contributed by atoms with E-state index in [1.165, 1.54) is 12.1 Å². The number of halogens is 1. The lowest BCUT2D eigenvalue weighted by Crippen LogP contribution is -2.47. The summed E-state index contributed by atoms with van der Waals surface area (Å²) in [5.41, 5.74) is 6.40. The van der Waals surface area contributed by atoms with Crippen LogP contribution in [0.15, 0.2) is 29.3 Å². The second-order valence-corrected chi connectivity index (χ2v) is 7.24. The molecule has 0 aliphatic rings. The number of rotatable bonds is 10. The van der Waals surface area contributed by atoms with E-state index >= 15 is 0 Å². The van der Waals surface area contributed by atoms with Gasteiger partial charge in [0.2, 0.25) is 5.91 Å². The molecule has 0 saturated carbocycles. The van der Waals surface area contributed by atoms with Gasteiger partial charge in [0.05, 0.1) is 5.92 Å². The Morgan fingerprint density at radius 1 is 1.15 bits per heavy atom. The third kappa shape index (κ3) is 8.39. The fraction of sp³-hybridized carbons (Fsp3) is 0.600. The molecule has 0 saturated heterocycles. The first-order chi connectivity index (χ1) is 12.7. The fourth-order valence-corrected chi connectivity index (χ4v) is 3.03. The van der Waals surface area contributed by atoms with Gasteiger partial charge in [-0.15, -0.1) is 0 Å². The van der Waals surface area contributed by atoms with E-state index in [4.69, 9.17) is 5.73 Å². The van der Waals surface area contributed by atoms with Gasteiger partial charge in [-0.25, -0.2) is 4.39 Å². The van der Waals surface area contributed by atoms with Gasteiger partial charge in [-0.1, -0.05) is 12.1 Å². The third-order valence-corrected chi connectivity index (χ3v) is 4.53. The first-order valence-electron chi connectivity index (χ1n) is 9.48. The molecule has 7 heteroatoms. The normalized spacial score (nSPS) is 13.3. The zero-order valence-corrected chi connectivity index (χ0v) is 17.1. The molecule has 4 N–H and O–H groups in total. The summed E-state index contributed by atoms with van der Waals surface area (Å²) >= 11 is 0. The van der Waals surface area contributed by atoms with Crippen LogP contribution in [0.2, 0.25) is 0 Å². The zero-order chi connectivity index (χ0) is 20.4. The molecule has 0 heterocycles. The molecule has 0 spiro atoms. The molecule has 6 nitrogen and oxygen atoms in total. The van der Waals surface area contributed by atoms with Crippen molar-refractivity contribution in [1.29, 1.82) is 0 Å². The summed E-state index contributed by atoms with van der Waals surface area (Å²) in [4.78, 5) is 18.4. The summed E-state index contributed by atoms with van der Waals surface area (Å²) in [7, 11) is 1.69. The number of carbonyl (C=O) groups excluding carboxylic acids is 1. The smallest absolute Gasteiger partial charge is 0.222 e. The highest BCUT2D eigenvalue weighted by molar-refractivity contribution is 5.81. The summed E-state index contributed by atoms with van der Waals surface area (Å²) in [5, 5.41) is 6.43. The largest absolute Gasteiger partial charge is 0.369 e. The fourth-order valence-electron chi connectivity index (χ4n) is 3.03. The first-order valence-corrected chi connectivity index (χ1v) is 9.48. The minimum Gasteiger partial charge on any atom is -0.369 e. The molecule has 27 heavy (non-hydrogen) atoms. The van der Waals surface area contributed by atoms with Crippen molar-refractivity contribution in [3.8, 4) is 0 Å². The molecule has 152 valence electrons. The van der Waals surface area contributed by atoms with Gasteiger partial charge >= 0.3 is 0 Å². The Morgan fingerprint density at radius 3 is 2.22 bits per heavy atom. The van der Waals surface area contributed by atoms with Crippen molar-refractivity contribution in [2.45, 2.75) is 46.2 Å². The molecular weight excluding hydrogens is 345 g/mol. The highest BCUT2D eigenvalue weighted by atomic mass is 19.1. The second kappa shape index (κ2) is 11.5. The van der Waals surface area contributed by atoms with E-state index in [9.17, 15) is 9.18 Å². The van der Waals surface area contributed by atoms with Crippen molar-refractivity contribution in [2.24, 2.45) is 16.6 Å². The molecule has 0 aliphatic heterocycles. The van der Waals surface area contributed by atoms with Crippen LogP contribution in [0.1, 0.15) is 33.3 Å². The Bertz CT molecular complexity index is 593. The lowest BCUT2D eigenvalue weighted by atomic mass is 9.98. The summed E-state index contributed by atoms with van der Waals surface area (Å²) in [6, 6.07) is 7.05. The van der Waals surface area contributed by atoms with E-state index in [1.807, 2.05) is 0 Å². The SMILES string of the molecule is CN=C(NCCN(C(C)C)C(C)C)NCC(Cc1ccc(F)cc1)C(N)=O. The number of guanidine groups is 1. The molecule has 1 unspecified atom stereocenters. The molecule has 1 aromatic rings. The number of carbonyl (C=O) groups is 1. The van der Waals surface area contributed by atoms with Crippen molar-refractivity contribution in [2.75, 3.05) is 26.7 Å². The summed E-state index contributed by atoms with van der Waals surface area (Å²) in [6.45, 7) is 10.7. The number of hydrogen-bond donors (Lipinski definition) is 3. The van der Waals surface area contributed by atoms with Crippen molar-refractivity contribution >= 4 is 11.9 Å². The summed E-state index contributed by atoms with van der Waals surface area (Å²) in [5.74, 6) is -0.466. The average Bonchev–Trinajstić information content (AvgIpc) is 2.60. The minimum atomic E-state index is -0.406. The van der Waals surface area contributed by atoms with Crippen molar-refractivity contribution < 1.29 is 9.18 Å². The number of benzene rings is 1. The Balaban J connectivity index is 2.52. The van der Waals surface area contributed by atoms with Gasteiger partial charge in [-0.2, -0.15) is 0 Å². The van der Waals surface area contributed by atoms with Crippen molar-refractivity contribution in [1.82, 2.24) is 15.5 Å². The van der Waals surface area contributed by atoms with Crippen LogP contribution >= 0.6 is 0 Å². The first kappa shape index (κ1) is 22.9. The van der Waals surface area contributed by atoms with Crippen LogP contribution in [0, 0.1) is 11.7 Å². The number of hydrogen-bond acceptors (Lipinski definition) is 3. The van der Waals surface area contributed by atoms with Crippen molar-refractivity contribution in [3.63, 3.8) is 0 Å². The van der Waals surface area contributed by atoms with E-state index in [0.717, 1.165) is 18.7 Å². The Morgan fingerprint density at radius 2 is 1.74 bits per heavy atom. The second-order valence-electron chi connectivity index (χ2n) is 7.24. The molecule has 0 aromatic heterocycles. The number of nitrogens with zero attached hydrogens (tertiary/aromatic N) is 2. The standard InChI is InChI=1S/C20H34FN5O/c1-14(2)26(15(3)4)11-10-24-20(23-5)25-13-17(19(22)27)12-16-6-8-18(21)9-7-16/h6-9,14-15,17H,10-13H2,1-5H3,(H2,22,27)(H2,23,24,25). The number of aliphatic imine (C=N–C) groups is 1. The Kier molecular flexibility index (Phi) is 9.78. The molecule has 1 rings (SSSR count). The van der Waals surface area contributed by atoms with Gasteiger partial charge in [-0.05, 0) is 51.8 Å². The minimum absolute atomic E-state index is 0.297. The van der Waals surface area contributed by atoms with Gasteiger partial charge in [0.25, 0.3) is 0 Å². The van der Waals surface area contributed by atoms with E-state index in [1.54, 1.807) is 19.2 Å². The van der Waals surface area contributed by atoms with E-state index in [0.29, 0.717) is 31.0 Å². The van der Waals surface area contributed by atoms with Gasteiger partial charge in [0, 0.05) is 38.8 Å². The molecule has 0 radical (unpaired) electrons. The van der Waals surface area contributed by atoms with Crippen LogP contribution in [0.25, 0.3) is 0 Å². The van der Waals surface area contributed by atoms with Crippen LogP contribution in [0.3, 0.4) is 0 Å². The topological polar surface area (TPSA) is 82.8 Å². The highest BCUT2D eigenvalue weighted by Gasteiger charge is 2.17. The van der Waals surface area contributed by atoms with Crippen LogP contribution in [0.4, 0.5) is 4.39 Å². The van der Waals surface area contributed by atoms with Gasteiger partial charge in [0.1, 0.15) is 5.82 Å². The monoisotopic (exact) mass is 379 g/mol. The summed E-state index contributed by atoms with van der Waals surface area (Å²) < 4.78 is 13.0. The molecule has 1 amide bonds. The lowest BCUT2D eigenvalue weighted by Gasteiger charge is -2.30. The van der Waals surface area contributed by atoms with Gasteiger partial charge in [0.15, 0.2) is 5.96 Å². The molecule has 1 aromatic carbocycles. The predicted octanol–water partition coefficient (Wildman–Crippen LogP) is 1.75. The van der Waals surface area contributed by atoms with Crippen LogP contribution in [-0.4, -0.2) is 55.5 Å². The van der Waals surface area contributed by atoms with Crippen molar-refractivity contribution in [3.05, 3.63) is 35.6 Å². The van der Waals surface area contributed by atoms with Crippen LogP contribution in [0.5, 0.6) is 0 Å². The maximum absolute atomic E-state index is 13.0. The molecule has 1 atom stereocenters. The average molecular weight is 380 g/mol. The number of nitrogens with one attached hydrogen (secondary N) is 2. The number of primary amides is 1. The number of nitrogens with two attached hydrogens (primary N) is 1. The lowest BCUT2D eigenvalue weighted by molar-refractivity contribution is -0.121. The number of amides is 1. The van der Waals surface area contributed by atoms with Crippen LogP contribution < -0.4 is 16.4 Å². The maximum atomic E-state index is 13.0. The predicted molar refractivity (Wildman–Crippen MR) is 109 cm³/mol. The molecule has 0 bridgehead atoms. The third-order valence-electron chi connectivity index (χ3n) is 4.53. The Hall–Kier alpha value is -2.15. The Labute approximate surface area is 162 Å². The van der Waals surface area contributed by atoms with E-state index < -0.39 is 11.8 Å². The molecular formula is C20H34FN5O. The molecule has 0 aliphatic carbocycles. The zero-order valence-electron chi connectivity index (χ0n) is 17.1. The highest BCUT2D eigenvalue weighted by Crippen LogP contribution is 2.09. The summed E-state index contributed by atoms with van der Waals surface area (Å²) in [6.07, 6.45) is 0.452. The van der Waals surface area contributed by atoms with Gasteiger partial charge in [-0.3, -0.25) is 14.7 Å². The van der Waals surface area contributed by atoms with Crippen LogP contribution in [-0.2, 0) is 11.2 Å². The van der Waals surface area contributed by atoms with Gasteiger partial charge < -0.3 is 16.4 Å².